The summed E-state index contributed by atoms with van der Waals surface area (Å²) < 4.78 is 2.23. The largest absolute Gasteiger partial charge is 0.255 e. The Morgan fingerprint density at radius 1 is 1.64 bits per heavy atom. The molecule has 11 heavy (non-hydrogen) atoms. The van der Waals surface area contributed by atoms with Gasteiger partial charge < -0.3 is 0 Å². The summed E-state index contributed by atoms with van der Waals surface area (Å²) in [5.74, 6) is 0.639. The van der Waals surface area contributed by atoms with Crippen molar-refractivity contribution in [2.24, 2.45) is 10.9 Å². The van der Waals surface area contributed by atoms with Gasteiger partial charge in [0.05, 0.1) is 3.70 Å². The van der Waals surface area contributed by atoms with Gasteiger partial charge in [-0.2, -0.15) is 0 Å². The molecule has 0 rings (SSSR count). The molecule has 0 heterocycles. The fraction of sp³-hybridized carbons (Fsp3) is 0.625. The van der Waals surface area contributed by atoms with E-state index in [2.05, 4.69) is 57.1 Å². The molecule has 0 radical (unpaired) electrons. The van der Waals surface area contributed by atoms with Gasteiger partial charge in [-0.1, -0.05) is 35.6 Å². The van der Waals surface area contributed by atoms with Crippen LogP contribution in [0, 0.1) is 5.92 Å². The first-order chi connectivity index (χ1) is 5.24. The van der Waals surface area contributed by atoms with Gasteiger partial charge in [-0.25, -0.2) is 0 Å². The summed E-state index contributed by atoms with van der Waals surface area (Å²) >= 11 is 4.63. The van der Waals surface area contributed by atoms with Crippen LogP contribution in [0.1, 0.15) is 20.3 Å². The highest BCUT2D eigenvalue weighted by Crippen LogP contribution is 2.09. The number of hydrogen-bond acceptors (Lipinski definition) is 1. The van der Waals surface area contributed by atoms with E-state index in [-0.39, 0.29) is 0 Å². The lowest BCUT2D eigenvalue weighted by Crippen LogP contribution is -2.00. The van der Waals surface area contributed by atoms with Crippen molar-refractivity contribution in [3.05, 3.63) is 9.78 Å². The summed E-state index contributed by atoms with van der Waals surface area (Å²) in [5.41, 5.74) is 0. The number of alkyl halides is 1. The molecule has 0 N–H and O–H groups in total. The molecule has 0 aromatic heterocycles. The lowest BCUT2D eigenvalue weighted by molar-refractivity contribution is 0.776. The van der Waals surface area contributed by atoms with E-state index in [0.717, 1.165) is 8.13 Å². The molecule has 3 heteroatoms. The zero-order valence-electron chi connectivity index (χ0n) is 6.85. The van der Waals surface area contributed by atoms with Gasteiger partial charge in [0.25, 0.3) is 0 Å². The maximum absolute atomic E-state index is 4.30. The lowest BCUT2D eigenvalue weighted by atomic mass is 10.1. The van der Waals surface area contributed by atoms with Crippen LogP contribution < -0.4 is 0 Å². The number of nitrogens with zero attached hydrogens (tertiary/aromatic N) is 1. The molecule has 0 aromatic carbocycles. The fourth-order valence-corrected chi connectivity index (χ4v) is 1.52. The molecule has 1 atom stereocenters. The first-order valence-electron chi connectivity index (χ1n) is 3.66. The summed E-state index contributed by atoms with van der Waals surface area (Å²) in [6, 6.07) is 0. The monoisotopic (exact) mass is 377 g/mol. The van der Waals surface area contributed by atoms with Gasteiger partial charge in [-0.3, -0.25) is 4.99 Å². The van der Waals surface area contributed by atoms with Crippen molar-refractivity contribution < 1.29 is 0 Å². The van der Waals surface area contributed by atoms with Gasteiger partial charge in [0.15, 0.2) is 0 Å². The minimum atomic E-state index is 0.639. The van der Waals surface area contributed by atoms with Crippen LogP contribution in [0.2, 0.25) is 0 Å². The summed E-state index contributed by atoms with van der Waals surface area (Å²) in [6.45, 7) is 4.20. The van der Waals surface area contributed by atoms with Gasteiger partial charge in [0.2, 0.25) is 0 Å². The first-order valence-corrected chi connectivity index (χ1v) is 6.27. The Balaban J connectivity index is 3.88. The summed E-state index contributed by atoms with van der Waals surface area (Å²) in [6.07, 6.45) is 5.24. The van der Waals surface area contributed by atoms with E-state index in [9.17, 15) is 0 Å². The number of aliphatic imine (C=N–C) groups is 1. The van der Waals surface area contributed by atoms with Crippen molar-refractivity contribution in [3.8, 4) is 0 Å². The number of hydrogen-bond donors (Lipinski definition) is 0. The Morgan fingerprint density at radius 3 is 2.64 bits per heavy atom. The Labute approximate surface area is 96.0 Å². The van der Waals surface area contributed by atoms with Gasteiger partial charge in [-0.05, 0) is 35.9 Å². The zero-order chi connectivity index (χ0) is 8.69. The lowest BCUT2D eigenvalue weighted by Gasteiger charge is -2.01. The molecule has 0 saturated heterocycles. The molecule has 1 unspecified atom stereocenters. The molecule has 64 valence electrons. The third-order valence-corrected chi connectivity index (χ3v) is 3.40. The fourth-order valence-electron chi connectivity index (χ4n) is 0.506. The van der Waals surface area contributed by atoms with Crippen LogP contribution in [-0.2, 0) is 0 Å². The standard InChI is InChI=1S/C8H13I2N/c1-3-7(5-9)6-11-8(10)4-2/h4,6-7H,3,5H2,1-2H3/b8-4-,11-6-. The minimum Gasteiger partial charge on any atom is -0.255 e. The molecule has 0 fully saturated rings. The van der Waals surface area contributed by atoms with Crippen LogP contribution in [0.3, 0.4) is 0 Å². The average Bonchev–Trinajstić information content (AvgIpc) is 2.06. The topological polar surface area (TPSA) is 12.4 Å². The van der Waals surface area contributed by atoms with Crippen LogP contribution in [-0.4, -0.2) is 10.6 Å². The van der Waals surface area contributed by atoms with E-state index in [1.54, 1.807) is 0 Å². The number of rotatable bonds is 4. The third-order valence-electron chi connectivity index (χ3n) is 1.37. The molecule has 0 aliphatic heterocycles. The van der Waals surface area contributed by atoms with E-state index in [1.807, 2.05) is 19.2 Å². The van der Waals surface area contributed by atoms with Crippen LogP contribution in [0.25, 0.3) is 0 Å². The van der Waals surface area contributed by atoms with Gasteiger partial charge in [0, 0.05) is 16.6 Å². The highest BCUT2D eigenvalue weighted by Gasteiger charge is 1.98. The molecular formula is C8H13I2N. The Hall–Kier alpha value is 0.870. The zero-order valence-corrected chi connectivity index (χ0v) is 11.2. The highest BCUT2D eigenvalue weighted by atomic mass is 127. The van der Waals surface area contributed by atoms with E-state index >= 15 is 0 Å². The second-order valence-electron chi connectivity index (χ2n) is 2.21. The van der Waals surface area contributed by atoms with E-state index in [1.165, 1.54) is 6.42 Å². The molecular weight excluding hydrogens is 364 g/mol. The first kappa shape index (κ1) is 11.9. The van der Waals surface area contributed by atoms with Crippen LogP contribution in [0.4, 0.5) is 0 Å². The van der Waals surface area contributed by atoms with Crippen molar-refractivity contribution >= 4 is 51.4 Å². The predicted molar refractivity (Wildman–Crippen MR) is 68.9 cm³/mol. The molecule has 0 spiro atoms. The van der Waals surface area contributed by atoms with Crippen LogP contribution in [0.5, 0.6) is 0 Å². The van der Waals surface area contributed by atoms with Gasteiger partial charge >= 0.3 is 0 Å². The van der Waals surface area contributed by atoms with Gasteiger partial charge in [-0.15, -0.1) is 0 Å². The quantitative estimate of drug-likeness (QED) is 0.306. The molecule has 0 aliphatic carbocycles. The highest BCUT2D eigenvalue weighted by molar-refractivity contribution is 14.1. The smallest absolute Gasteiger partial charge is 0.0962 e. The second-order valence-corrected chi connectivity index (χ2v) is 4.20. The van der Waals surface area contributed by atoms with Crippen LogP contribution >= 0.6 is 45.2 Å². The number of allylic oxidation sites excluding steroid dienone is 1. The third kappa shape index (κ3) is 6.07. The SMILES string of the molecule is C/C=C(I)\N=C/C(CC)CI. The van der Waals surface area contributed by atoms with E-state index in [0.29, 0.717) is 5.92 Å². The second kappa shape index (κ2) is 7.52. The summed E-state index contributed by atoms with van der Waals surface area (Å²) in [4.78, 5) is 4.30. The normalized spacial score (nSPS) is 15.8. The average molecular weight is 377 g/mol. The Kier molecular flexibility index (Phi) is 8.11. The molecule has 0 aliphatic rings. The van der Waals surface area contributed by atoms with Crippen molar-refractivity contribution in [1.82, 2.24) is 0 Å². The minimum absolute atomic E-state index is 0.639. The number of halogens is 2. The molecule has 0 bridgehead atoms. The Bertz CT molecular complexity index is 148. The molecule has 0 saturated carbocycles. The maximum Gasteiger partial charge on any atom is 0.0962 e. The molecule has 0 amide bonds. The molecule has 1 nitrogen and oxygen atoms in total. The van der Waals surface area contributed by atoms with Crippen molar-refractivity contribution in [3.63, 3.8) is 0 Å². The summed E-state index contributed by atoms with van der Waals surface area (Å²) in [7, 11) is 0. The summed E-state index contributed by atoms with van der Waals surface area (Å²) in [5, 5.41) is 0. The van der Waals surface area contributed by atoms with Crippen molar-refractivity contribution in [2.75, 3.05) is 4.43 Å². The maximum atomic E-state index is 4.30. The van der Waals surface area contributed by atoms with Crippen LogP contribution in [0.15, 0.2) is 14.8 Å². The predicted octanol–water partition coefficient (Wildman–Crippen LogP) is 3.81. The van der Waals surface area contributed by atoms with Crippen molar-refractivity contribution in [2.45, 2.75) is 20.3 Å². The van der Waals surface area contributed by atoms with Crippen molar-refractivity contribution in [1.29, 1.82) is 0 Å². The van der Waals surface area contributed by atoms with Gasteiger partial charge in [0.1, 0.15) is 0 Å². The molecule has 0 aromatic rings. The Morgan fingerprint density at radius 2 is 2.27 bits per heavy atom. The van der Waals surface area contributed by atoms with E-state index < -0.39 is 0 Å². The van der Waals surface area contributed by atoms with E-state index in [4.69, 9.17) is 0 Å².